The Balaban J connectivity index is 1.70. The van der Waals surface area contributed by atoms with Gasteiger partial charge < -0.3 is 4.57 Å². The van der Waals surface area contributed by atoms with Crippen LogP contribution in [0.1, 0.15) is 11.1 Å². The van der Waals surface area contributed by atoms with Gasteiger partial charge in [-0.2, -0.15) is 5.10 Å². The minimum Gasteiger partial charge on any atom is -0.335 e. The van der Waals surface area contributed by atoms with Gasteiger partial charge in [0.05, 0.1) is 19.2 Å². The number of aromatic nitrogens is 1. The van der Waals surface area contributed by atoms with Crippen LogP contribution in [0.5, 0.6) is 0 Å². The molecule has 1 heterocycles. The highest BCUT2D eigenvalue weighted by molar-refractivity contribution is 9.10. The van der Waals surface area contributed by atoms with E-state index in [1.165, 1.54) is 0 Å². The molecule has 0 radical (unpaired) electrons. The summed E-state index contributed by atoms with van der Waals surface area (Å²) >= 11 is 3.37. The molecule has 0 spiro atoms. The molecule has 5 heteroatoms. The second-order valence-electron chi connectivity index (χ2n) is 5.53. The number of nitrogens with zero attached hydrogens (tertiary/aromatic N) is 2. The van der Waals surface area contributed by atoms with E-state index in [1.807, 2.05) is 59.3 Å². The maximum Gasteiger partial charge on any atom is 0.244 e. The zero-order valence-corrected chi connectivity index (χ0v) is 15.0. The van der Waals surface area contributed by atoms with Crippen molar-refractivity contribution >= 4 is 39.0 Å². The van der Waals surface area contributed by atoms with Crippen LogP contribution in [0.2, 0.25) is 0 Å². The van der Waals surface area contributed by atoms with Crippen LogP contribution in [-0.4, -0.2) is 16.7 Å². The molecule has 1 N–H and O–H groups in total. The fourth-order valence-corrected chi connectivity index (χ4v) is 2.87. The topological polar surface area (TPSA) is 46.4 Å². The van der Waals surface area contributed by atoms with Crippen LogP contribution in [0.4, 0.5) is 0 Å². The van der Waals surface area contributed by atoms with Gasteiger partial charge in [0, 0.05) is 27.1 Å². The number of hydrogen-bond donors (Lipinski definition) is 1. The predicted octanol–water partition coefficient (Wildman–Crippen LogP) is 3.73. The Hall–Kier alpha value is -2.84. The highest BCUT2D eigenvalue weighted by Gasteiger charge is 2.06. The number of carbonyl (C=O) groups is 1. The molecule has 4 nitrogen and oxygen atoms in total. The van der Waals surface area contributed by atoms with Gasteiger partial charge in [-0.25, -0.2) is 5.43 Å². The van der Waals surface area contributed by atoms with Crippen LogP contribution in [0, 0.1) is 12.3 Å². The van der Waals surface area contributed by atoms with Gasteiger partial charge in [0.15, 0.2) is 0 Å². The lowest BCUT2D eigenvalue weighted by Crippen LogP contribution is -2.19. The van der Waals surface area contributed by atoms with Crippen LogP contribution in [0.3, 0.4) is 0 Å². The molecular formula is C20H16BrN3O. The lowest BCUT2D eigenvalue weighted by atomic mass is 10.1. The second kappa shape index (κ2) is 7.82. The van der Waals surface area contributed by atoms with E-state index in [0.29, 0.717) is 6.54 Å². The normalized spacial score (nSPS) is 10.9. The van der Waals surface area contributed by atoms with Crippen molar-refractivity contribution in [2.75, 3.05) is 0 Å². The monoisotopic (exact) mass is 393 g/mol. The lowest BCUT2D eigenvalue weighted by molar-refractivity contribution is -0.120. The molecule has 25 heavy (non-hydrogen) atoms. The number of amides is 1. The van der Waals surface area contributed by atoms with Crippen LogP contribution >= 0.6 is 15.9 Å². The molecule has 0 atom stereocenters. The third kappa shape index (κ3) is 4.17. The highest BCUT2D eigenvalue weighted by Crippen LogP contribution is 2.19. The van der Waals surface area contributed by atoms with Crippen molar-refractivity contribution < 1.29 is 4.79 Å². The highest BCUT2D eigenvalue weighted by atomic mass is 79.9. The maximum atomic E-state index is 12.0. The standard InChI is InChI=1S/C20H16BrN3O/c1-2-11-24-14-16(18-5-3-4-6-19(18)24)13-22-23-20(25)12-15-7-9-17(21)10-8-15/h1,3-10,13-14H,11-12H2,(H,23,25)/b22-13-. The number of fused-ring (bicyclic) bond motifs is 1. The Morgan fingerprint density at radius 1 is 1.24 bits per heavy atom. The summed E-state index contributed by atoms with van der Waals surface area (Å²) in [6, 6.07) is 15.6. The van der Waals surface area contributed by atoms with Gasteiger partial charge in [0.1, 0.15) is 0 Å². The summed E-state index contributed by atoms with van der Waals surface area (Å²) in [6.45, 7) is 0.490. The fraction of sp³-hybridized carbons (Fsp3) is 0.100. The Morgan fingerprint density at radius 2 is 2.00 bits per heavy atom. The van der Waals surface area contributed by atoms with E-state index >= 15 is 0 Å². The first-order valence-corrected chi connectivity index (χ1v) is 8.54. The fourth-order valence-electron chi connectivity index (χ4n) is 2.61. The van der Waals surface area contributed by atoms with E-state index < -0.39 is 0 Å². The lowest BCUT2D eigenvalue weighted by Gasteiger charge is -2.00. The second-order valence-corrected chi connectivity index (χ2v) is 6.45. The summed E-state index contributed by atoms with van der Waals surface area (Å²) in [4.78, 5) is 12.0. The average Bonchev–Trinajstić information content (AvgIpc) is 2.96. The third-order valence-corrected chi connectivity index (χ3v) is 4.28. The number of hydrogen-bond acceptors (Lipinski definition) is 2. The van der Waals surface area contributed by atoms with Crippen LogP contribution in [0.15, 0.2) is 64.3 Å². The molecule has 3 aromatic rings. The zero-order valence-electron chi connectivity index (χ0n) is 13.4. The van der Waals surface area contributed by atoms with Crippen LogP contribution < -0.4 is 5.43 Å². The minimum atomic E-state index is -0.161. The molecule has 2 aromatic carbocycles. The molecule has 0 aliphatic carbocycles. The van der Waals surface area contributed by atoms with Gasteiger partial charge in [0.2, 0.25) is 5.91 Å². The summed E-state index contributed by atoms with van der Waals surface area (Å²) in [6.07, 6.45) is 9.29. The van der Waals surface area contributed by atoms with E-state index in [1.54, 1.807) is 6.21 Å². The Morgan fingerprint density at radius 3 is 2.76 bits per heavy atom. The molecular weight excluding hydrogens is 378 g/mol. The van der Waals surface area contributed by atoms with Gasteiger partial charge in [-0.3, -0.25) is 4.79 Å². The molecule has 0 saturated carbocycles. The quantitative estimate of drug-likeness (QED) is 0.400. The van der Waals surface area contributed by atoms with Crippen molar-refractivity contribution in [3.05, 3.63) is 70.3 Å². The van der Waals surface area contributed by atoms with E-state index in [-0.39, 0.29) is 12.3 Å². The van der Waals surface area contributed by atoms with Gasteiger partial charge in [0.25, 0.3) is 0 Å². The SMILES string of the molecule is C#CCn1cc(/C=N\NC(=O)Cc2ccc(Br)cc2)c2ccccc21. The molecule has 1 aromatic heterocycles. The van der Waals surface area contributed by atoms with Gasteiger partial charge in [-0.05, 0) is 23.8 Å². The zero-order chi connectivity index (χ0) is 17.6. The first-order valence-electron chi connectivity index (χ1n) is 7.75. The number of rotatable bonds is 5. The van der Waals surface area contributed by atoms with Gasteiger partial charge >= 0.3 is 0 Å². The molecule has 0 aliphatic heterocycles. The molecule has 0 unspecified atom stereocenters. The van der Waals surface area contributed by atoms with E-state index in [0.717, 1.165) is 26.5 Å². The Labute approximate surface area is 154 Å². The molecule has 0 aliphatic rings. The number of halogens is 1. The predicted molar refractivity (Wildman–Crippen MR) is 104 cm³/mol. The molecule has 0 bridgehead atoms. The van der Waals surface area contributed by atoms with E-state index in [2.05, 4.69) is 32.4 Å². The van der Waals surface area contributed by atoms with Gasteiger partial charge in [-0.1, -0.05) is 52.2 Å². The number of benzene rings is 2. The summed E-state index contributed by atoms with van der Waals surface area (Å²) in [5.41, 5.74) is 5.46. The van der Waals surface area contributed by atoms with Crippen molar-refractivity contribution in [1.82, 2.24) is 9.99 Å². The number of para-hydroxylation sites is 1. The largest absolute Gasteiger partial charge is 0.335 e. The van der Waals surface area contributed by atoms with E-state index in [9.17, 15) is 4.79 Å². The summed E-state index contributed by atoms with van der Waals surface area (Å²) in [7, 11) is 0. The van der Waals surface area contributed by atoms with Crippen LogP contribution in [0.25, 0.3) is 10.9 Å². The number of nitrogens with one attached hydrogen (secondary N) is 1. The smallest absolute Gasteiger partial charge is 0.244 e. The summed E-state index contributed by atoms with van der Waals surface area (Å²) in [5, 5.41) is 5.13. The summed E-state index contributed by atoms with van der Waals surface area (Å²) < 4.78 is 2.97. The third-order valence-electron chi connectivity index (χ3n) is 3.75. The van der Waals surface area contributed by atoms with Crippen molar-refractivity contribution in [3.63, 3.8) is 0 Å². The molecule has 0 saturated heterocycles. The Kier molecular flexibility index (Phi) is 5.32. The molecule has 1 amide bonds. The maximum absolute atomic E-state index is 12.0. The number of hydrazone groups is 1. The Bertz CT molecular complexity index is 965. The van der Waals surface area contributed by atoms with E-state index in [4.69, 9.17) is 6.42 Å². The summed E-state index contributed by atoms with van der Waals surface area (Å²) in [5.74, 6) is 2.48. The van der Waals surface area contributed by atoms with Crippen molar-refractivity contribution in [3.8, 4) is 12.3 Å². The average molecular weight is 394 g/mol. The van der Waals surface area contributed by atoms with Crippen LogP contribution in [-0.2, 0) is 17.8 Å². The van der Waals surface area contributed by atoms with Crippen molar-refractivity contribution in [1.29, 1.82) is 0 Å². The minimum absolute atomic E-state index is 0.161. The van der Waals surface area contributed by atoms with Crippen molar-refractivity contribution in [2.45, 2.75) is 13.0 Å². The first kappa shape index (κ1) is 17.0. The molecule has 124 valence electrons. The molecule has 3 rings (SSSR count). The number of carbonyl (C=O) groups excluding carboxylic acids is 1. The first-order chi connectivity index (χ1) is 12.2. The molecule has 0 fully saturated rings. The number of terminal acetylenes is 1. The van der Waals surface area contributed by atoms with Crippen molar-refractivity contribution in [2.24, 2.45) is 5.10 Å². The van der Waals surface area contributed by atoms with Gasteiger partial charge in [-0.15, -0.1) is 6.42 Å².